The number of unbranched alkanes of at least 4 members (excludes halogenated alkanes) is 2. The predicted octanol–water partition coefficient (Wildman–Crippen LogP) is 1.94. The number of carbonyl (C=O) groups is 2. The highest BCUT2D eigenvalue weighted by atomic mass is 16.4. The quantitative estimate of drug-likeness (QED) is 0.608. The summed E-state index contributed by atoms with van der Waals surface area (Å²) < 4.78 is 0. The average molecular weight is 215 g/mol. The monoisotopic (exact) mass is 215 g/mol. The van der Waals surface area contributed by atoms with Gasteiger partial charge in [0.25, 0.3) is 0 Å². The lowest BCUT2D eigenvalue weighted by Crippen LogP contribution is -2.40. The van der Waals surface area contributed by atoms with Crippen LogP contribution >= 0.6 is 0 Å². The minimum absolute atomic E-state index is 0.149. The summed E-state index contributed by atoms with van der Waals surface area (Å²) in [5.74, 6) is -1.09. The van der Waals surface area contributed by atoms with E-state index in [9.17, 15) is 9.59 Å². The number of hydrogen-bond acceptors (Lipinski definition) is 2. The van der Waals surface area contributed by atoms with Crippen LogP contribution in [0.2, 0.25) is 0 Å². The van der Waals surface area contributed by atoms with Crippen LogP contribution in [0.3, 0.4) is 0 Å². The largest absolute Gasteiger partial charge is 0.480 e. The lowest BCUT2D eigenvalue weighted by atomic mass is 10.1. The standard InChI is InChI=1S/C11H21NO3/c1-3-5-6-8-10(13)12-9(7-4-2)11(14)15/h9H,3-8H2,1-2H3,(H,12,13)(H,14,15)/t9-/m0/s1. The normalized spacial score (nSPS) is 12.1. The van der Waals surface area contributed by atoms with E-state index in [1.165, 1.54) is 0 Å². The van der Waals surface area contributed by atoms with Crippen molar-refractivity contribution in [3.05, 3.63) is 0 Å². The number of nitrogens with one attached hydrogen (secondary N) is 1. The lowest BCUT2D eigenvalue weighted by molar-refractivity contribution is -0.142. The Morgan fingerprint density at radius 1 is 1.20 bits per heavy atom. The van der Waals surface area contributed by atoms with Gasteiger partial charge in [-0.25, -0.2) is 4.79 Å². The zero-order chi connectivity index (χ0) is 11.7. The summed E-state index contributed by atoms with van der Waals surface area (Å²) in [4.78, 5) is 22.1. The number of carboxylic acids is 1. The summed E-state index contributed by atoms with van der Waals surface area (Å²) in [5, 5.41) is 11.3. The Labute approximate surface area is 91.1 Å². The van der Waals surface area contributed by atoms with Gasteiger partial charge in [0.05, 0.1) is 0 Å². The summed E-state index contributed by atoms with van der Waals surface area (Å²) in [5.41, 5.74) is 0. The van der Waals surface area contributed by atoms with Crippen molar-refractivity contribution in [2.75, 3.05) is 0 Å². The smallest absolute Gasteiger partial charge is 0.326 e. The molecule has 0 heterocycles. The summed E-state index contributed by atoms with van der Waals surface area (Å²) in [7, 11) is 0. The molecule has 0 aliphatic heterocycles. The Morgan fingerprint density at radius 2 is 1.87 bits per heavy atom. The summed E-state index contributed by atoms with van der Waals surface area (Å²) >= 11 is 0. The van der Waals surface area contributed by atoms with Gasteiger partial charge in [0.1, 0.15) is 6.04 Å². The lowest BCUT2D eigenvalue weighted by Gasteiger charge is -2.13. The maximum absolute atomic E-state index is 11.3. The molecule has 4 nitrogen and oxygen atoms in total. The van der Waals surface area contributed by atoms with Gasteiger partial charge in [-0.2, -0.15) is 0 Å². The van der Waals surface area contributed by atoms with E-state index in [1.807, 2.05) is 6.92 Å². The molecule has 1 atom stereocenters. The molecular weight excluding hydrogens is 194 g/mol. The first-order chi connectivity index (χ1) is 7.11. The van der Waals surface area contributed by atoms with Crippen molar-refractivity contribution in [1.82, 2.24) is 5.32 Å². The first-order valence-electron chi connectivity index (χ1n) is 5.64. The van der Waals surface area contributed by atoms with Crippen LogP contribution in [0.25, 0.3) is 0 Å². The van der Waals surface area contributed by atoms with Gasteiger partial charge in [-0.3, -0.25) is 4.79 Å². The molecule has 0 aromatic carbocycles. The topological polar surface area (TPSA) is 66.4 Å². The Morgan fingerprint density at radius 3 is 2.33 bits per heavy atom. The van der Waals surface area contributed by atoms with E-state index in [0.29, 0.717) is 12.8 Å². The number of amides is 1. The van der Waals surface area contributed by atoms with E-state index in [-0.39, 0.29) is 5.91 Å². The number of carbonyl (C=O) groups excluding carboxylic acids is 1. The number of hydrogen-bond donors (Lipinski definition) is 2. The molecule has 2 N–H and O–H groups in total. The zero-order valence-electron chi connectivity index (χ0n) is 9.58. The molecule has 0 aromatic rings. The van der Waals surface area contributed by atoms with Crippen molar-refractivity contribution in [2.24, 2.45) is 0 Å². The third-order valence-corrected chi connectivity index (χ3v) is 2.22. The highest BCUT2D eigenvalue weighted by molar-refractivity contribution is 5.83. The van der Waals surface area contributed by atoms with E-state index in [0.717, 1.165) is 25.7 Å². The molecule has 4 heteroatoms. The highest BCUT2D eigenvalue weighted by Crippen LogP contribution is 2.01. The van der Waals surface area contributed by atoms with Gasteiger partial charge in [0, 0.05) is 6.42 Å². The highest BCUT2D eigenvalue weighted by Gasteiger charge is 2.17. The molecule has 0 bridgehead atoms. The first-order valence-corrected chi connectivity index (χ1v) is 5.64. The van der Waals surface area contributed by atoms with Crippen LogP contribution in [0, 0.1) is 0 Å². The van der Waals surface area contributed by atoms with E-state index in [1.54, 1.807) is 0 Å². The fraction of sp³-hybridized carbons (Fsp3) is 0.818. The fourth-order valence-electron chi connectivity index (χ4n) is 1.35. The van der Waals surface area contributed by atoms with Crippen molar-refractivity contribution in [3.8, 4) is 0 Å². The molecule has 0 saturated carbocycles. The van der Waals surface area contributed by atoms with Gasteiger partial charge < -0.3 is 10.4 Å². The van der Waals surface area contributed by atoms with Crippen LogP contribution in [-0.4, -0.2) is 23.0 Å². The molecule has 0 aromatic heterocycles. The summed E-state index contributed by atoms with van der Waals surface area (Å²) in [6.45, 7) is 3.97. The second-order valence-electron chi connectivity index (χ2n) is 3.70. The first kappa shape index (κ1) is 13.9. The van der Waals surface area contributed by atoms with E-state index >= 15 is 0 Å². The van der Waals surface area contributed by atoms with E-state index < -0.39 is 12.0 Å². The molecule has 0 aliphatic carbocycles. The van der Waals surface area contributed by atoms with Crippen molar-refractivity contribution in [3.63, 3.8) is 0 Å². The fourth-order valence-corrected chi connectivity index (χ4v) is 1.35. The van der Waals surface area contributed by atoms with Gasteiger partial charge in [0.15, 0.2) is 0 Å². The molecule has 15 heavy (non-hydrogen) atoms. The van der Waals surface area contributed by atoms with Crippen LogP contribution < -0.4 is 5.32 Å². The minimum atomic E-state index is -0.944. The second-order valence-corrected chi connectivity index (χ2v) is 3.70. The van der Waals surface area contributed by atoms with Crippen molar-refractivity contribution in [1.29, 1.82) is 0 Å². The maximum atomic E-state index is 11.3. The van der Waals surface area contributed by atoms with Crippen molar-refractivity contribution in [2.45, 2.75) is 58.4 Å². The van der Waals surface area contributed by atoms with Crippen LogP contribution in [0.4, 0.5) is 0 Å². The molecule has 0 spiro atoms. The van der Waals surface area contributed by atoms with Gasteiger partial charge in [-0.15, -0.1) is 0 Å². The van der Waals surface area contributed by atoms with Crippen molar-refractivity contribution >= 4 is 11.9 Å². The Hall–Kier alpha value is -1.06. The Kier molecular flexibility index (Phi) is 7.68. The third-order valence-electron chi connectivity index (χ3n) is 2.22. The van der Waals surface area contributed by atoms with Gasteiger partial charge in [-0.05, 0) is 12.8 Å². The van der Waals surface area contributed by atoms with Crippen molar-refractivity contribution < 1.29 is 14.7 Å². The zero-order valence-corrected chi connectivity index (χ0v) is 9.58. The Bertz CT molecular complexity index is 204. The minimum Gasteiger partial charge on any atom is -0.480 e. The molecule has 0 radical (unpaired) electrons. The molecule has 0 fully saturated rings. The van der Waals surface area contributed by atoms with Crippen LogP contribution in [-0.2, 0) is 9.59 Å². The SMILES string of the molecule is CCCCCC(=O)N[C@@H](CCC)C(=O)O. The average Bonchev–Trinajstić information content (AvgIpc) is 2.17. The number of aliphatic carboxylic acids is 1. The second kappa shape index (κ2) is 8.26. The van der Waals surface area contributed by atoms with Gasteiger partial charge >= 0.3 is 5.97 Å². The summed E-state index contributed by atoms with van der Waals surface area (Å²) in [6.07, 6.45) is 4.59. The number of carboxylic acid groups (broad SMARTS) is 1. The molecule has 0 unspecified atom stereocenters. The molecule has 1 amide bonds. The van der Waals surface area contributed by atoms with Crippen LogP contribution in [0.5, 0.6) is 0 Å². The van der Waals surface area contributed by atoms with Crippen LogP contribution in [0.15, 0.2) is 0 Å². The molecular formula is C11H21NO3. The molecule has 0 saturated heterocycles. The molecule has 88 valence electrons. The van der Waals surface area contributed by atoms with E-state index in [4.69, 9.17) is 5.11 Å². The van der Waals surface area contributed by atoms with Gasteiger partial charge in [0.2, 0.25) is 5.91 Å². The maximum Gasteiger partial charge on any atom is 0.326 e. The predicted molar refractivity (Wildman–Crippen MR) is 58.6 cm³/mol. The molecule has 0 rings (SSSR count). The van der Waals surface area contributed by atoms with E-state index in [2.05, 4.69) is 12.2 Å². The van der Waals surface area contributed by atoms with Crippen LogP contribution in [0.1, 0.15) is 52.4 Å². The Balaban J connectivity index is 3.84. The van der Waals surface area contributed by atoms with Gasteiger partial charge in [-0.1, -0.05) is 33.1 Å². The summed E-state index contributed by atoms with van der Waals surface area (Å²) in [6, 6.07) is -0.718. The number of rotatable bonds is 8. The third kappa shape index (κ3) is 6.94. The molecule has 0 aliphatic rings.